The van der Waals surface area contributed by atoms with Gasteiger partial charge in [-0.25, -0.2) is 0 Å². The number of hydrogen-bond acceptors (Lipinski definition) is 3. The van der Waals surface area contributed by atoms with Gasteiger partial charge in [0.05, 0.1) is 5.02 Å². The molecule has 0 aliphatic rings. The lowest BCUT2D eigenvalue weighted by molar-refractivity contribution is -0.121. The average molecular weight is 298 g/mol. The van der Waals surface area contributed by atoms with E-state index in [1.807, 2.05) is 5.87 Å². The summed E-state index contributed by atoms with van der Waals surface area (Å²) in [6.07, 6.45) is 0. The highest BCUT2D eigenvalue weighted by Gasteiger charge is 2.30. The number of allylic oxidation sites excluding steroid dienone is 1. The molecule has 5 heteroatoms. The molecular formula is C14H13Cl2NO2. The van der Waals surface area contributed by atoms with Crippen molar-refractivity contribution in [1.29, 1.82) is 5.41 Å². The van der Waals surface area contributed by atoms with E-state index in [9.17, 15) is 9.59 Å². The number of nitrogens with one attached hydrogen (secondary N) is 1. The van der Waals surface area contributed by atoms with Crippen molar-refractivity contribution in [2.24, 2.45) is 5.41 Å². The predicted molar refractivity (Wildman–Crippen MR) is 76.5 cm³/mol. The van der Waals surface area contributed by atoms with Crippen molar-refractivity contribution in [3.05, 3.63) is 39.4 Å². The second-order valence-electron chi connectivity index (χ2n) is 5.03. The van der Waals surface area contributed by atoms with Gasteiger partial charge in [-0.3, -0.25) is 15.0 Å². The molecule has 0 radical (unpaired) electrons. The minimum absolute atomic E-state index is 0.137. The van der Waals surface area contributed by atoms with E-state index >= 15 is 0 Å². The first kappa shape index (κ1) is 15.6. The highest BCUT2D eigenvalue weighted by Crippen LogP contribution is 2.26. The largest absolute Gasteiger partial charge is 0.293 e. The molecule has 1 N–H and O–H groups in total. The van der Waals surface area contributed by atoms with Gasteiger partial charge in [-0.05, 0) is 24.1 Å². The second-order valence-corrected chi connectivity index (χ2v) is 5.88. The summed E-state index contributed by atoms with van der Waals surface area (Å²) < 4.78 is 0. The maximum Gasteiger partial charge on any atom is 0.207 e. The van der Waals surface area contributed by atoms with Crippen molar-refractivity contribution < 1.29 is 9.59 Å². The molecule has 0 heterocycles. The van der Waals surface area contributed by atoms with E-state index < -0.39 is 17.0 Å². The fraction of sp³-hybridized carbons (Fsp3) is 0.286. The minimum Gasteiger partial charge on any atom is -0.293 e. The Bertz CT molecular complexity index is 594. The SMILES string of the molecule is CC(C)(C)C(=O)C(=C=N)C(=O)c1ccc(Cl)cc1Cl. The Kier molecular flexibility index (Phi) is 4.70. The van der Waals surface area contributed by atoms with Crippen LogP contribution >= 0.6 is 23.2 Å². The fourth-order valence-corrected chi connectivity index (χ4v) is 1.89. The van der Waals surface area contributed by atoms with Crippen LogP contribution in [0.5, 0.6) is 0 Å². The van der Waals surface area contributed by atoms with Crippen molar-refractivity contribution in [2.75, 3.05) is 0 Å². The van der Waals surface area contributed by atoms with Crippen molar-refractivity contribution in [3.63, 3.8) is 0 Å². The Hall–Kier alpha value is -1.41. The van der Waals surface area contributed by atoms with Crippen LogP contribution in [0.15, 0.2) is 23.8 Å². The standard InChI is InChI=1S/C14H13Cl2NO2/c1-14(2,3)13(19)10(7-17)12(18)9-5-4-8(15)6-11(9)16/h4-6,17H,1-3H3. The summed E-state index contributed by atoms with van der Waals surface area (Å²) in [5.74, 6) is 0.864. The van der Waals surface area contributed by atoms with E-state index in [2.05, 4.69) is 0 Å². The van der Waals surface area contributed by atoms with Crippen LogP contribution in [0.2, 0.25) is 10.0 Å². The molecule has 19 heavy (non-hydrogen) atoms. The molecule has 0 aromatic heterocycles. The molecule has 0 saturated carbocycles. The van der Waals surface area contributed by atoms with Gasteiger partial charge in [-0.15, -0.1) is 0 Å². The van der Waals surface area contributed by atoms with Crippen LogP contribution in [-0.4, -0.2) is 17.4 Å². The van der Waals surface area contributed by atoms with E-state index in [1.54, 1.807) is 20.8 Å². The maximum absolute atomic E-state index is 12.2. The molecule has 100 valence electrons. The van der Waals surface area contributed by atoms with E-state index in [0.29, 0.717) is 5.02 Å². The zero-order valence-electron chi connectivity index (χ0n) is 10.8. The summed E-state index contributed by atoms with van der Waals surface area (Å²) >= 11 is 11.7. The van der Waals surface area contributed by atoms with Crippen LogP contribution in [0.4, 0.5) is 0 Å². The number of rotatable bonds is 3. The zero-order valence-corrected chi connectivity index (χ0v) is 12.3. The van der Waals surface area contributed by atoms with Crippen molar-refractivity contribution in [1.82, 2.24) is 0 Å². The normalized spacial score (nSPS) is 10.8. The Morgan fingerprint density at radius 3 is 2.21 bits per heavy atom. The Balaban J connectivity index is 3.25. The van der Waals surface area contributed by atoms with E-state index in [4.69, 9.17) is 28.6 Å². The van der Waals surface area contributed by atoms with Gasteiger partial charge >= 0.3 is 0 Å². The Morgan fingerprint density at radius 1 is 1.21 bits per heavy atom. The summed E-state index contributed by atoms with van der Waals surface area (Å²) in [6, 6.07) is 4.35. The highest BCUT2D eigenvalue weighted by molar-refractivity contribution is 6.40. The quantitative estimate of drug-likeness (QED) is 0.302. The topological polar surface area (TPSA) is 58.0 Å². The third-order valence-electron chi connectivity index (χ3n) is 2.44. The van der Waals surface area contributed by atoms with Gasteiger partial charge in [0, 0.05) is 16.0 Å². The van der Waals surface area contributed by atoms with Gasteiger partial charge in [-0.1, -0.05) is 44.0 Å². The molecule has 0 fully saturated rings. The summed E-state index contributed by atoms with van der Waals surface area (Å²) in [6.45, 7) is 5.01. The predicted octanol–water partition coefficient (Wildman–Crippen LogP) is 3.97. The van der Waals surface area contributed by atoms with Gasteiger partial charge in [0.25, 0.3) is 0 Å². The minimum atomic E-state index is -0.766. The lowest BCUT2D eigenvalue weighted by Gasteiger charge is -2.16. The molecule has 3 nitrogen and oxygen atoms in total. The third kappa shape index (κ3) is 3.54. The lowest BCUT2D eigenvalue weighted by Crippen LogP contribution is -2.26. The van der Waals surface area contributed by atoms with Crippen molar-refractivity contribution >= 4 is 40.6 Å². The molecule has 0 aliphatic heterocycles. The molecule has 0 unspecified atom stereocenters. The third-order valence-corrected chi connectivity index (χ3v) is 2.98. The molecule has 1 rings (SSSR count). The number of halogens is 2. The van der Waals surface area contributed by atoms with Crippen LogP contribution in [0.1, 0.15) is 31.1 Å². The second kappa shape index (κ2) is 5.70. The summed E-state index contributed by atoms with van der Waals surface area (Å²) in [5.41, 5.74) is -0.937. The summed E-state index contributed by atoms with van der Waals surface area (Å²) in [4.78, 5) is 24.3. The molecule has 0 spiro atoms. The first-order valence-electron chi connectivity index (χ1n) is 5.52. The molecule has 0 saturated heterocycles. The summed E-state index contributed by atoms with van der Waals surface area (Å²) in [5, 5.41) is 7.70. The van der Waals surface area contributed by atoms with Gasteiger partial charge < -0.3 is 0 Å². The number of carbonyl (C=O) groups is 2. The number of hydrogen-bond donors (Lipinski definition) is 1. The Morgan fingerprint density at radius 2 is 1.79 bits per heavy atom. The average Bonchev–Trinajstić information content (AvgIpc) is 2.28. The monoisotopic (exact) mass is 297 g/mol. The molecular weight excluding hydrogens is 285 g/mol. The number of ketones is 2. The van der Waals surface area contributed by atoms with Crippen LogP contribution < -0.4 is 0 Å². The first-order valence-corrected chi connectivity index (χ1v) is 6.28. The van der Waals surface area contributed by atoms with Gasteiger partial charge in [0.1, 0.15) is 5.57 Å². The molecule has 0 atom stereocenters. The van der Waals surface area contributed by atoms with Crippen LogP contribution in [0.3, 0.4) is 0 Å². The molecule has 0 aliphatic carbocycles. The van der Waals surface area contributed by atoms with Crippen molar-refractivity contribution in [2.45, 2.75) is 20.8 Å². The molecule has 0 amide bonds. The zero-order chi connectivity index (χ0) is 14.8. The lowest BCUT2D eigenvalue weighted by atomic mass is 9.84. The molecule has 1 aromatic rings. The first-order chi connectivity index (χ1) is 8.68. The van der Waals surface area contributed by atoms with Crippen molar-refractivity contribution in [3.8, 4) is 0 Å². The van der Waals surface area contributed by atoms with Gasteiger partial charge in [0.15, 0.2) is 5.78 Å². The molecule has 1 aromatic carbocycles. The number of benzene rings is 1. The smallest absolute Gasteiger partial charge is 0.207 e. The molecule has 0 bridgehead atoms. The van der Waals surface area contributed by atoms with E-state index in [1.165, 1.54) is 18.2 Å². The van der Waals surface area contributed by atoms with Gasteiger partial charge in [-0.2, -0.15) is 0 Å². The number of carbonyl (C=O) groups excluding carboxylic acids is 2. The van der Waals surface area contributed by atoms with E-state index in [-0.39, 0.29) is 16.2 Å². The van der Waals surface area contributed by atoms with Crippen LogP contribution in [0, 0.1) is 10.8 Å². The summed E-state index contributed by atoms with van der Waals surface area (Å²) in [7, 11) is 0. The van der Waals surface area contributed by atoms with Crippen LogP contribution in [-0.2, 0) is 4.79 Å². The van der Waals surface area contributed by atoms with Gasteiger partial charge in [0.2, 0.25) is 5.78 Å². The fourth-order valence-electron chi connectivity index (χ4n) is 1.40. The Labute approximate surface area is 121 Å². The van der Waals surface area contributed by atoms with E-state index in [0.717, 1.165) is 0 Å². The number of Topliss-reactive ketones (excluding diaryl/α,β-unsaturated/α-hetero) is 2. The maximum atomic E-state index is 12.2. The highest BCUT2D eigenvalue weighted by atomic mass is 35.5. The van der Waals surface area contributed by atoms with Crippen LogP contribution in [0.25, 0.3) is 0 Å².